The second-order valence-electron chi connectivity index (χ2n) is 26.8. The number of hydrogen-bond donors (Lipinski definition) is 4. The van der Waals surface area contributed by atoms with Gasteiger partial charge in [0, 0.05) is 19.3 Å². The molecule has 0 saturated heterocycles. The number of aliphatic hydroxyl groups is 2. The molecular weight excluding hydrogens is 1340 g/mol. The summed E-state index contributed by atoms with van der Waals surface area (Å²) in [5.41, 5.74) is 0. The zero-order valence-corrected chi connectivity index (χ0v) is 66.5. The van der Waals surface area contributed by atoms with Gasteiger partial charge in [-0.25, -0.2) is 9.13 Å². The molecule has 0 rings (SSSR count). The molecule has 0 aliphatic rings. The molecule has 0 aliphatic carbocycles. The summed E-state index contributed by atoms with van der Waals surface area (Å²) in [7, 11) is -9.78. The third-order valence-corrected chi connectivity index (χ3v) is 18.8. The highest BCUT2D eigenvalue weighted by Crippen LogP contribution is 2.45. The first-order chi connectivity index (χ1) is 50.2. The van der Waals surface area contributed by atoms with Gasteiger partial charge in [-0.15, -0.1) is 0 Å². The number of hydrogen-bond acceptors (Lipinski definition) is 14. The summed E-state index contributed by atoms with van der Waals surface area (Å²) in [4.78, 5) is 58.6. The maximum absolute atomic E-state index is 12.9. The highest BCUT2D eigenvalue weighted by molar-refractivity contribution is 7.47. The Morgan fingerprint density at radius 2 is 0.515 bits per heavy atom. The summed E-state index contributed by atoms with van der Waals surface area (Å²) < 4.78 is 61.1. The van der Waals surface area contributed by atoms with Crippen LogP contribution < -0.4 is 0 Å². The van der Waals surface area contributed by atoms with Crippen LogP contribution in [0.2, 0.25) is 0 Å². The van der Waals surface area contributed by atoms with Gasteiger partial charge >= 0.3 is 33.6 Å². The lowest BCUT2D eigenvalue weighted by Crippen LogP contribution is -2.30. The van der Waals surface area contributed by atoms with Crippen LogP contribution in [-0.4, -0.2) is 95.9 Å². The summed E-state index contributed by atoms with van der Waals surface area (Å²) in [6, 6.07) is 0. The van der Waals surface area contributed by atoms with E-state index in [4.69, 9.17) is 32.3 Å². The van der Waals surface area contributed by atoms with E-state index in [1.165, 1.54) is 116 Å². The van der Waals surface area contributed by atoms with Gasteiger partial charge in [0.25, 0.3) is 0 Å². The number of esters is 3. The fraction of sp³-hybridized carbons (Fsp3) is 0.706. The standard InChI is InChI=1S/C85H146O16P2/c1-4-7-10-13-16-19-22-24-26-28-30-32-34-36-37-38-39-40-41-43-45-46-48-50-52-54-57-59-62-65-68-71-83(88)95-74-80(86)75-97-102(91,92)98-76-81(87)77-99-103(93,94)100-79-82(101-85(90)73-70-67-64-61-56-21-18-15-12-9-6-3)78-96-84(89)72-69-66-63-60-58-55-53-51-49-47-44-42-35-33-31-29-27-25-23-20-17-14-11-8-5-2/h7-8,10-11,16-17,19-20,24-27,30-33,36-37,39-40,42,44,80-82,86-87H,4-6,9,12-15,18,21-23,28-29,34-35,38,41,43,45-79H2,1-3H3,(H,91,92)(H,93,94)/b10-7-,11-8-,19-16-,20-17-,26-24-,27-25-,32-30-,33-31-,37-36-,40-39-,44-42-. The molecule has 0 aromatic heterocycles. The van der Waals surface area contributed by atoms with E-state index in [1.54, 1.807) is 0 Å². The summed E-state index contributed by atoms with van der Waals surface area (Å²) in [5.74, 6) is -1.58. The average Bonchev–Trinajstić information content (AvgIpc) is 0.914. The quantitative estimate of drug-likeness (QED) is 0.0146. The van der Waals surface area contributed by atoms with E-state index in [-0.39, 0.29) is 19.3 Å². The highest BCUT2D eigenvalue weighted by Gasteiger charge is 2.29. The van der Waals surface area contributed by atoms with E-state index < -0.39 is 91.5 Å². The lowest BCUT2D eigenvalue weighted by molar-refractivity contribution is -0.161. The number of aliphatic hydroxyl groups excluding tert-OH is 2. The van der Waals surface area contributed by atoms with Crippen LogP contribution in [0.15, 0.2) is 134 Å². The topological polar surface area (TPSA) is 231 Å². The first-order valence-electron chi connectivity index (χ1n) is 40.5. The molecule has 0 aromatic carbocycles. The largest absolute Gasteiger partial charge is 0.472 e. The maximum atomic E-state index is 12.9. The van der Waals surface area contributed by atoms with Crippen LogP contribution in [0, 0.1) is 0 Å². The number of carbonyl (C=O) groups is 3. The van der Waals surface area contributed by atoms with Crippen molar-refractivity contribution in [2.45, 2.75) is 347 Å². The first kappa shape index (κ1) is 98.7. The third kappa shape index (κ3) is 78.6. The minimum Gasteiger partial charge on any atom is -0.463 e. The van der Waals surface area contributed by atoms with Crippen molar-refractivity contribution >= 4 is 33.6 Å². The Morgan fingerprint density at radius 3 is 0.816 bits per heavy atom. The predicted octanol–water partition coefficient (Wildman–Crippen LogP) is 23.9. The molecule has 5 unspecified atom stereocenters. The van der Waals surface area contributed by atoms with Crippen molar-refractivity contribution in [1.82, 2.24) is 0 Å². The van der Waals surface area contributed by atoms with Crippen molar-refractivity contribution in [2.24, 2.45) is 0 Å². The Morgan fingerprint density at radius 1 is 0.282 bits per heavy atom. The SMILES string of the molecule is CC/C=C\C/C=C\C/C=C\C/C=C\C/C=C\C/C=C\CCCCCCCCCCCCCCC(=O)OCC(O)COP(=O)(O)OCC(O)COP(=O)(O)OCC(COC(=O)CCCCCCCCCCC/C=C\C/C=C\C/C=C\C/C=C\C/C=C\CC)OC(=O)CCCCCCCCCCCCC. The van der Waals surface area contributed by atoms with Gasteiger partial charge in [-0.3, -0.25) is 32.5 Å². The van der Waals surface area contributed by atoms with Gasteiger partial charge in [0.05, 0.1) is 26.4 Å². The molecular formula is C85H146O16P2. The minimum atomic E-state index is -4.93. The number of allylic oxidation sites excluding steroid dienone is 22. The molecule has 0 amide bonds. The van der Waals surface area contributed by atoms with Gasteiger partial charge in [-0.2, -0.15) is 0 Å². The van der Waals surface area contributed by atoms with Crippen molar-refractivity contribution in [3.63, 3.8) is 0 Å². The Balaban J connectivity index is 4.42. The minimum absolute atomic E-state index is 0.104. The molecule has 0 aliphatic heterocycles. The Labute approximate surface area is 626 Å². The van der Waals surface area contributed by atoms with Crippen LogP contribution in [0.3, 0.4) is 0 Å². The highest BCUT2D eigenvalue weighted by atomic mass is 31.2. The Bertz CT molecular complexity index is 2410. The van der Waals surface area contributed by atoms with Gasteiger partial charge in [0.1, 0.15) is 25.4 Å². The van der Waals surface area contributed by atoms with Crippen molar-refractivity contribution in [3.05, 3.63) is 134 Å². The fourth-order valence-corrected chi connectivity index (χ4v) is 12.4. The van der Waals surface area contributed by atoms with Crippen molar-refractivity contribution in [3.8, 4) is 0 Å². The van der Waals surface area contributed by atoms with Crippen LogP contribution in [0.1, 0.15) is 329 Å². The second-order valence-corrected chi connectivity index (χ2v) is 29.7. The monoisotopic (exact) mass is 1490 g/mol. The number of phosphoric ester groups is 2. The fourth-order valence-electron chi connectivity index (χ4n) is 10.8. The predicted molar refractivity (Wildman–Crippen MR) is 426 cm³/mol. The second kappa shape index (κ2) is 77.3. The zero-order chi connectivity index (χ0) is 75.2. The lowest BCUT2D eigenvalue weighted by Gasteiger charge is -2.21. The van der Waals surface area contributed by atoms with Gasteiger partial charge in [-0.05, 0) is 116 Å². The van der Waals surface area contributed by atoms with Crippen LogP contribution in [-0.2, 0) is 55.8 Å². The van der Waals surface area contributed by atoms with Gasteiger partial charge in [0.2, 0.25) is 0 Å². The summed E-state index contributed by atoms with van der Waals surface area (Å²) in [6.45, 7) is 2.45. The van der Waals surface area contributed by atoms with Gasteiger partial charge in [-0.1, -0.05) is 328 Å². The smallest absolute Gasteiger partial charge is 0.463 e. The number of rotatable bonds is 76. The molecule has 5 atom stereocenters. The maximum Gasteiger partial charge on any atom is 0.472 e. The van der Waals surface area contributed by atoms with Gasteiger partial charge in [0.15, 0.2) is 6.10 Å². The molecule has 16 nitrogen and oxygen atoms in total. The molecule has 0 aromatic rings. The summed E-state index contributed by atoms with van der Waals surface area (Å²) >= 11 is 0. The number of ether oxygens (including phenoxy) is 3. The zero-order valence-electron chi connectivity index (χ0n) is 64.7. The van der Waals surface area contributed by atoms with E-state index >= 15 is 0 Å². The molecule has 4 N–H and O–H groups in total. The Hall–Kier alpha value is -4.31. The van der Waals surface area contributed by atoms with Crippen LogP contribution in [0.4, 0.5) is 0 Å². The molecule has 103 heavy (non-hydrogen) atoms. The van der Waals surface area contributed by atoms with E-state index in [0.717, 1.165) is 154 Å². The summed E-state index contributed by atoms with van der Waals surface area (Å²) in [5, 5.41) is 20.6. The van der Waals surface area contributed by atoms with Crippen molar-refractivity contribution < 1.29 is 75.8 Å². The molecule has 0 spiro atoms. The lowest BCUT2D eigenvalue weighted by atomic mass is 10.0. The van der Waals surface area contributed by atoms with E-state index in [9.17, 15) is 43.5 Å². The molecule has 592 valence electrons. The number of phosphoric acid groups is 2. The van der Waals surface area contributed by atoms with Crippen LogP contribution in [0.5, 0.6) is 0 Å². The molecule has 0 radical (unpaired) electrons. The third-order valence-electron chi connectivity index (χ3n) is 16.9. The average molecular weight is 1490 g/mol. The van der Waals surface area contributed by atoms with E-state index in [1.807, 2.05) is 0 Å². The first-order valence-corrected chi connectivity index (χ1v) is 43.5. The van der Waals surface area contributed by atoms with Crippen LogP contribution in [0.25, 0.3) is 0 Å². The molecule has 18 heteroatoms. The molecule has 0 bridgehead atoms. The number of carbonyl (C=O) groups excluding carboxylic acids is 3. The van der Waals surface area contributed by atoms with Crippen LogP contribution >= 0.6 is 15.6 Å². The molecule has 0 heterocycles. The van der Waals surface area contributed by atoms with E-state index in [0.29, 0.717) is 19.3 Å². The van der Waals surface area contributed by atoms with Crippen molar-refractivity contribution in [1.29, 1.82) is 0 Å². The van der Waals surface area contributed by atoms with Crippen molar-refractivity contribution in [2.75, 3.05) is 39.6 Å². The molecule has 0 fully saturated rings. The number of unbranched alkanes of at least 4 members (excludes halogenated alkanes) is 31. The molecule has 0 saturated carbocycles. The summed E-state index contributed by atoms with van der Waals surface area (Å²) in [6.07, 6.45) is 93.7. The Kier molecular flexibility index (Phi) is 74.1. The van der Waals surface area contributed by atoms with Gasteiger partial charge < -0.3 is 34.2 Å². The normalized spacial score (nSPS) is 14.7. The van der Waals surface area contributed by atoms with E-state index in [2.05, 4.69) is 154 Å².